The van der Waals surface area contributed by atoms with Gasteiger partial charge in [-0.25, -0.2) is 4.79 Å². The predicted molar refractivity (Wildman–Crippen MR) is 59.9 cm³/mol. The van der Waals surface area contributed by atoms with Gasteiger partial charge in [0.1, 0.15) is 5.75 Å². The lowest BCUT2D eigenvalue weighted by Crippen LogP contribution is -2.15. The fraction of sp³-hybridized carbons (Fsp3) is 0.417. The van der Waals surface area contributed by atoms with E-state index in [2.05, 4.69) is 10.3 Å². The Balaban J connectivity index is 2.31. The van der Waals surface area contributed by atoms with Gasteiger partial charge in [0.2, 0.25) is 6.08 Å². The summed E-state index contributed by atoms with van der Waals surface area (Å²) in [4.78, 5) is 14.3. The van der Waals surface area contributed by atoms with E-state index in [4.69, 9.17) is 0 Å². The van der Waals surface area contributed by atoms with Gasteiger partial charge < -0.3 is 10.4 Å². The molecule has 1 saturated heterocycles. The number of aliphatic imine (C=N–C) groups is 1. The molecule has 2 N–H and O–H groups in total. The van der Waals surface area contributed by atoms with Gasteiger partial charge in [-0.2, -0.15) is 4.99 Å². The van der Waals surface area contributed by atoms with Crippen LogP contribution in [0.5, 0.6) is 5.75 Å². The molecule has 0 aliphatic carbocycles. The summed E-state index contributed by atoms with van der Waals surface area (Å²) in [5.74, 6) is 0.452. The van der Waals surface area contributed by atoms with E-state index in [1.165, 1.54) is 0 Å². The Hall–Kier alpha value is -1.64. The van der Waals surface area contributed by atoms with Gasteiger partial charge in [0.05, 0.1) is 6.04 Å². The highest BCUT2D eigenvalue weighted by Crippen LogP contribution is 2.34. The molecule has 84 valence electrons. The van der Waals surface area contributed by atoms with Crippen molar-refractivity contribution in [1.29, 1.82) is 0 Å². The molecule has 1 fully saturated rings. The van der Waals surface area contributed by atoms with Crippen LogP contribution in [0.1, 0.15) is 18.0 Å². The molecule has 0 amide bonds. The summed E-state index contributed by atoms with van der Waals surface area (Å²) in [6.07, 6.45) is 2.57. The van der Waals surface area contributed by atoms with Crippen molar-refractivity contribution in [2.45, 2.75) is 12.5 Å². The first-order valence-corrected chi connectivity index (χ1v) is 5.38. The fourth-order valence-electron chi connectivity index (χ4n) is 2.17. The van der Waals surface area contributed by atoms with Crippen LogP contribution in [0.2, 0.25) is 0 Å². The third-order valence-corrected chi connectivity index (χ3v) is 2.99. The number of phenols is 1. The fourth-order valence-corrected chi connectivity index (χ4v) is 2.17. The number of para-hydroxylation sites is 1. The van der Waals surface area contributed by atoms with Gasteiger partial charge in [0, 0.05) is 18.0 Å². The minimum atomic E-state index is -0.284. The molecule has 1 aromatic carbocycles. The first-order chi connectivity index (χ1) is 7.83. The summed E-state index contributed by atoms with van der Waals surface area (Å²) in [7, 11) is 0. The van der Waals surface area contributed by atoms with Crippen LogP contribution < -0.4 is 5.32 Å². The van der Waals surface area contributed by atoms with Crippen molar-refractivity contribution in [3.05, 3.63) is 29.8 Å². The maximum absolute atomic E-state index is 10.5. The number of hydrogen-bond donors (Lipinski definition) is 2. The molecule has 0 radical (unpaired) electrons. The molecule has 0 spiro atoms. The van der Waals surface area contributed by atoms with E-state index in [1.807, 2.05) is 6.07 Å². The van der Waals surface area contributed by atoms with Gasteiger partial charge in [0.15, 0.2) is 0 Å². The van der Waals surface area contributed by atoms with E-state index in [0.29, 0.717) is 5.56 Å². The van der Waals surface area contributed by atoms with Crippen LogP contribution in [0.4, 0.5) is 0 Å². The highest BCUT2D eigenvalue weighted by molar-refractivity contribution is 5.40. The Morgan fingerprint density at radius 3 is 2.94 bits per heavy atom. The first kappa shape index (κ1) is 10.9. The summed E-state index contributed by atoms with van der Waals surface area (Å²) >= 11 is 0. The van der Waals surface area contributed by atoms with Crippen molar-refractivity contribution in [3.63, 3.8) is 0 Å². The molecule has 0 bridgehead atoms. The van der Waals surface area contributed by atoms with E-state index >= 15 is 0 Å². The molecule has 0 saturated carbocycles. The number of rotatable bonds is 3. The van der Waals surface area contributed by atoms with E-state index in [1.54, 1.807) is 24.3 Å². The van der Waals surface area contributed by atoms with Crippen molar-refractivity contribution in [2.75, 3.05) is 13.1 Å². The van der Waals surface area contributed by atoms with E-state index in [-0.39, 0.29) is 17.7 Å². The summed E-state index contributed by atoms with van der Waals surface area (Å²) < 4.78 is 0. The smallest absolute Gasteiger partial charge is 0.235 e. The van der Waals surface area contributed by atoms with Gasteiger partial charge in [-0.3, -0.25) is 0 Å². The molecule has 16 heavy (non-hydrogen) atoms. The van der Waals surface area contributed by atoms with Crippen molar-refractivity contribution in [3.8, 4) is 5.75 Å². The predicted octanol–water partition coefficient (Wildman–Crippen LogP) is 1.38. The lowest BCUT2D eigenvalue weighted by molar-refractivity contribution is 0.424. The summed E-state index contributed by atoms with van der Waals surface area (Å²) in [6.45, 7) is 1.76. The minimum Gasteiger partial charge on any atom is -0.508 e. The number of carbonyl (C=O) groups excluding carboxylic acids is 1. The second-order valence-electron chi connectivity index (χ2n) is 3.98. The average Bonchev–Trinajstić information content (AvgIpc) is 2.80. The van der Waals surface area contributed by atoms with E-state index in [0.717, 1.165) is 19.5 Å². The summed E-state index contributed by atoms with van der Waals surface area (Å²) in [6, 6.07) is 6.73. The molecular weight excluding hydrogens is 204 g/mol. The van der Waals surface area contributed by atoms with Crippen LogP contribution >= 0.6 is 0 Å². The Kier molecular flexibility index (Phi) is 3.34. The molecular formula is C12H14N2O2. The maximum Gasteiger partial charge on any atom is 0.235 e. The van der Waals surface area contributed by atoms with Gasteiger partial charge in [-0.15, -0.1) is 0 Å². The lowest BCUT2D eigenvalue weighted by Gasteiger charge is -2.18. The van der Waals surface area contributed by atoms with Crippen LogP contribution in [-0.2, 0) is 4.79 Å². The van der Waals surface area contributed by atoms with Crippen LogP contribution in [0.25, 0.3) is 0 Å². The second kappa shape index (κ2) is 4.92. The van der Waals surface area contributed by atoms with Gasteiger partial charge >= 0.3 is 0 Å². The monoisotopic (exact) mass is 218 g/mol. The first-order valence-electron chi connectivity index (χ1n) is 5.38. The van der Waals surface area contributed by atoms with Crippen LogP contribution in [0, 0.1) is 5.92 Å². The van der Waals surface area contributed by atoms with Gasteiger partial charge in [-0.1, -0.05) is 18.2 Å². The van der Waals surface area contributed by atoms with Crippen LogP contribution in [0.3, 0.4) is 0 Å². The number of nitrogens with one attached hydrogen (secondary N) is 1. The van der Waals surface area contributed by atoms with Gasteiger partial charge in [-0.05, 0) is 19.0 Å². The minimum absolute atomic E-state index is 0.193. The maximum atomic E-state index is 10.5. The molecule has 1 aliphatic heterocycles. The quantitative estimate of drug-likeness (QED) is 0.595. The number of aromatic hydroxyl groups is 1. The zero-order chi connectivity index (χ0) is 11.4. The molecule has 1 aliphatic rings. The number of isocyanates is 1. The Bertz CT molecular complexity index is 407. The number of nitrogens with zero attached hydrogens (tertiary/aromatic N) is 1. The number of phenolic OH excluding ortho intramolecular Hbond substituents is 1. The van der Waals surface area contributed by atoms with Crippen molar-refractivity contribution >= 4 is 6.08 Å². The molecule has 4 nitrogen and oxygen atoms in total. The molecule has 1 aromatic rings. The molecule has 1 heterocycles. The molecule has 2 unspecified atom stereocenters. The van der Waals surface area contributed by atoms with E-state index < -0.39 is 0 Å². The van der Waals surface area contributed by atoms with Crippen LogP contribution in [0.15, 0.2) is 29.3 Å². The SMILES string of the molecule is O=C=NC(c1ccccc1O)C1CCNC1. The highest BCUT2D eigenvalue weighted by atomic mass is 16.3. The lowest BCUT2D eigenvalue weighted by atomic mass is 9.92. The van der Waals surface area contributed by atoms with Crippen molar-refractivity contribution in [1.82, 2.24) is 5.32 Å². The Morgan fingerprint density at radius 1 is 1.50 bits per heavy atom. The number of hydrogen-bond acceptors (Lipinski definition) is 4. The Labute approximate surface area is 94.0 Å². The third kappa shape index (κ3) is 2.13. The zero-order valence-electron chi connectivity index (χ0n) is 8.89. The normalized spacial score (nSPS) is 21.4. The summed E-state index contributed by atoms with van der Waals surface area (Å²) in [5.41, 5.74) is 0.708. The second-order valence-corrected chi connectivity index (χ2v) is 3.98. The molecule has 2 atom stereocenters. The third-order valence-electron chi connectivity index (χ3n) is 2.99. The Morgan fingerprint density at radius 2 is 2.31 bits per heavy atom. The summed E-state index contributed by atoms with van der Waals surface area (Å²) in [5, 5.41) is 13.0. The molecule has 2 rings (SSSR count). The largest absolute Gasteiger partial charge is 0.508 e. The highest BCUT2D eigenvalue weighted by Gasteiger charge is 2.27. The van der Waals surface area contributed by atoms with Gasteiger partial charge in [0.25, 0.3) is 0 Å². The topological polar surface area (TPSA) is 61.7 Å². The van der Waals surface area contributed by atoms with Crippen molar-refractivity contribution in [2.24, 2.45) is 10.9 Å². The average molecular weight is 218 g/mol. The van der Waals surface area contributed by atoms with Crippen molar-refractivity contribution < 1.29 is 9.90 Å². The standard InChI is InChI=1S/C12H14N2O2/c15-8-14-12(9-5-6-13-7-9)10-3-1-2-4-11(10)16/h1-4,9,12-13,16H,5-7H2. The molecule has 0 aromatic heterocycles. The zero-order valence-corrected chi connectivity index (χ0v) is 8.89. The van der Waals surface area contributed by atoms with E-state index in [9.17, 15) is 9.90 Å². The van der Waals surface area contributed by atoms with Crippen LogP contribution in [-0.4, -0.2) is 24.3 Å². The molecule has 4 heteroatoms. The number of benzene rings is 1.